The summed E-state index contributed by atoms with van der Waals surface area (Å²) in [6.07, 6.45) is 0. The normalized spacial score (nSPS) is 21.2. The molecule has 0 spiro atoms. The molecule has 1 rings (SSSR count). The first-order chi connectivity index (χ1) is 4.55. The largest absolute Gasteiger partial charge is 0.250 e. The molecule has 0 atom stereocenters. The van der Waals surface area contributed by atoms with Crippen molar-refractivity contribution >= 4 is 42.7 Å². The molecule has 1 aliphatic rings. The highest BCUT2D eigenvalue weighted by Gasteiger charge is 2.21. The minimum Gasteiger partial charge on any atom is -0.250 e. The number of hydrogen-bond donors (Lipinski definition) is 0. The molecule has 0 aromatic heterocycles. The van der Waals surface area contributed by atoms with E-state index in [-0.39, 0.29) is 0 Å². The standard InChI is InChI=1S/C6H6Br2OS/c1-3-5(7)6(8)4(2)10(3)9/h1-2H3. The Morgan fingerprint density at radius 1 is 1.10 bits per heavy atom. The topological polar surface area (TPSA) is 17.1 Å². The smallest absolute Gasteiger partial charge is 0.0785 e. The summed E-state index contributed by atoms with van der Waals surface area (Å²) in [5.74, 6) is 0. The van der Waals surface area contributed by atoms with Crippen LogP contribution >= 0.6 is 31.9 Å². The van der Waals surface area contributed by atoms with Gasteiger partial charge < -0.3 is 0 Å². The minimum absolute atomic E-state index is 0.893. The third-order valence-electron chi connectivity index (χ3n) is 1.37. The van der Waals surface area contributed by atoms with E-state index >= 15 is 0 Å². The highest BCUT2D eigenvalue weighted by molar-refractivity contribution is 9.15. The Hall–Kier alpha value is 0.590. The highest BCUT2D eigenvalue weighted by Crippen LogP contribution is 2.39. The fourth-order valence-corrected chi connectivity index (χ4v) is 3.43. The summed E-state index contributed by atoms with van der Waals surface area (Å²) in [5, 5.41) is 0. The summed E-state index contributed by atoms with van der Waals surface area (Å²) in [6.45, 7) is 3.72. The van der Waals surface area contributed by atoms with Gasteiger partial charge in [0.2, 0.25) is 0 Å². The summed E-state index contributed by atoms with van der Waals surface area (Å²) in [5.41, 5.74) is 0. The van der Waals surface area contributed by atoms with Crippen LogP contribution in [0.2, 0.25) is 0 Å². The summed E-state index contributed by atoms with van der Waals surface area (Å²) >= 11 is 6.66. The van der Waals surface area contributed by atoms with E-state index < -0.39 is 10.8 Å². The highest BCUT2D eigenvalue weighted by atomic mass is 79.9. The van der Waals surface area contributed by atoms with E-state index in [9.17, 15) is 4.21 Å². The molecule has 0 saturated carbocycles. The van der Waals surface area contributed by atoms with Gasteiger partial charge in [-0.05, 0) is 45.7 Å². The molecule has 0 N–H and O–H groups in total. The Labute approximate surface area is 79.3 Å². The Morgan fingerprint density at radius 3 is 1.50 bits per heavy atom. The van der Waals surface area contributed by atoms with Crippen LogP contribution in [-0.4, -0.2) is 4.21 Å². The van der Waals surface area contributed by atoms with Crippen molar-refractivity contribution in [2.24, 2.45) is 0 Å². The summed E-state index contributed by atoms with van der Waals surface area (Å²) in [4.78, 5) is 1.79. The molecule has 1 nitrogen and oxygen atoms in total. The lowest BCUT2D eigenvalue weighted by atomic mass is 10.5. The van der Waals surface area contributed by atoms with E-state index in [1.54, 1.807) is 0 Å². The lowest BCUT2D eigenvalue weighted by molar-refractivity contribution is 0.690. The summed E-state index contributed by atoms with van der Waals surface area (Å²) in [6, 6.07) is 0. The van der Waals surface area contributed by atoms with Crippen molar-refractivity contribution in [1.29, 1.82) is 0 Å². The van der Waals surface area contributed by atoms with Gasteiger partial charge in [-0.1, -0.05) is 0 Å². The molecule has 0 aromatic rings. The van der Waals surface area contributed by atoms with Crippen molar-refractivity contribution in [3.63, 3.8) is 0 Å². The SMILES string of the molecule is CC1=C(Br)C(Br)=C(C)S1=O. The second kappa shape index (κ2) is 2.91. The monoisotopic (exact) mass is 284 g/mol. The van der Waals surface area contributed by atoms with Crippen LogP contribution in [0.15, 0.2) is 18.8 Å². The molecule has 0 bridgehead atoms. The molecule has 0 aliphatic carbocycles. The average molecular weight is 286 g/mol. The second-order valence-electron chi connectivity index (χ2n) is 2.01. The minimum atomic E-state index is -0.907. The number of rotatable bonds is 0. The maximum atomic E-state index is 11.3. The van der Waals surface area contributed by atoms with Crippen LogP contribution in [0, 0.1) is 0 Å². The number of halogens is 2. The fraction of sp³-hybridized carbons (Fsp3) is 0.333. The number of allylic oxidation sites excluding steroid dienone is 4. The average Bonchev–Trinajstić information content (AvgIpc) is 2.07. The van der Waals surface area contributed by atoms with Crippen LogP contribution in [-0.2, 0) is 10.8 Å². The van der Waals surface area contributed by atoms with Gasteiger partial charge >= 0.3 is 0 Å². The van der Waals surface area contributed by atoms with Crippen molar-refractivity contribution in [3.05, 3.63) is 18.8 Å². The Balaban J connectivity index is 3.22. The Kier molecular flexibility index (Phi) is 2.53. The Bertz CT molecular complexity index is 239. The zero-order valence-electron chi connectivity index (χ0n) is 5.57. The molecule has 0 aromatic carbocycles. The van der Waals surface area contributed by atoms with Gasteiger partial charge in [0, 0.05) is 18.8 Å². The van der Waals surface area contributed by atoms with Crippen molar-refractivity contribution in [1.82, 2.24) is 0 Å². The number of hydrogen-bond acceptors (Lipinski definition) is 1. The summed E-state index contributed by atoms with van der Waals surface area (Å²) in [7, 11) is -0.907. The Morgan fingerprint density at radius 2 is 1.40 bits per heavy atom. The van der Waals surface area contributed by atoms with Crippen LogP contribution in [0.1, 0.15) is 13.8 Å². The maximum Gasteiger partial charge on any atom is 0.0785 e. The van der Waals surface area contributed by atoms with Gasteiger partial charge in [-0.15, -0.1) is 0 Å². The van der Waals surface area contributed by atoms with E-state index in [1.807, 2.05) is 13.8 Å². The molecule has 1 heterocycles. The summed E-state index contributed by atoms with van der Waals surface area (Å²) < 4.78 is 13.1. The fourth-order valence-electron chi connectivity index (χ4n) is 0.702. The molecule has 1 aliphatic heterocycles. The van der Waals surface area contributed by atoms with Crippen molar-refractivity contribution in [3.8, 4) is 0 Å². The third kappa shape index (κ3) is 1.17. The molecule has 0 saturated heterocycles. The van der Waals surface area contributed by atoms with Crippen molar-refractivity contribution in [2.45, 2.75) is 13.8 Å². The van der Waals surface area contributed by atoms with Gasteiger partial charge in [0.1, 0.15) is 0 Å². The second-order valence-corrected chi connectivity index (χ2v) is 5.36. The van der Waals surface area contributed by atoms with E-state index in [4.69, 9.17) is 0 Å². The van der Waals surface area contributed by atoms with Gasteiger partial charge in [0.15, 0.2) is 0 Å². The van der Waals surface area contributed by atoms with Crippen molar-refractivity contribution in [2.75, 3.05) is 0 Å². The zero-order valence-corrected chi connectivity index (χ0v) is 9.56. The van der Waals surface area contributed by atoms with Crippen LogP contribution in [0.3, 0.4) is 0 Å². The molecule has 10 heavy (non-hydrogen) atoms. The van der Waals surface area contributed by atoms with E-state index in [0.29, 0.717) is 0 Å². The lowest BCUT2D eigenvalue weighted by Gasteiger charge is -1.90. The first-order valence-electron chi connectivity index (χ1n) is 2.70. The molecule has 0 unspecified atom stereocenters. The molecule has 4 heteroatoms. The predicted molar refractivity (Wildman–Crippen MR) is 51.4 cm³/mol. The van der Waals surface area contributed by atoms with E-state index in [1.165, 1.54) is 0 Å². The first kappa shape index (κ1) is 8.68. The van der Waals surface area contributed by atoms with Gasteiger partial charge in [-0.2, -0.15) is 0 Å². The first-order valence-corrected chi connectivity index (χ1v) is 5.44. The molecular formula is C6H6Br2OS. The van der Waals surface area contributed by atoms with E-state index in [0.717, 1.165) is 18.8 Å². The van der Waals surface area contributed by atoms with Crippen LogP contribution in [0.5, 0.6) is 0 Å². The van der Waals surface area contributed by atoms with Gasteiger partial charge in [-0.25, -0.2) is 4.21 Å². The lowest BCUT2D eigenvalue weighted by Crippen LogP contribution is -1.85. The van der Waals surface area contributed by atoms with Crippen LogP contribution < -0.4 is 0 Å². The third-order valence-corrected chi connectivity index (χ3v) is 5.93. The van der Waals surface area contributed by atoms with Gasteiger partial charge in [0.25, 0.3) is 0 Å². The van der Waals surface area contributed by atoms with E-state index in [2.05, 4.69) is 31.9 Å². The van der Waals surface area contributed by atoms with Gasteiger partial charge in [0.05, 0.1) is 10.8 Å². The quantitative estimate of drug-likeness (QED) is 0.669. The molecule has 0 amide bonds. The molecular weight excluding hydrogens is 280 g/mol. The predicted octanol–water partition coefficient (Wildman–Crippen LogP) is 3.00. The van der Waals surface area contributed by atoms with Crippen LogP contribution in [0.25, 0.3) is 0 Å². The van der Waals surface area contributed by atoms with Crippen molar-refractivity contribution < 1.29 is 4.21 Å². The van der Waals surface area contributed by atoms with Gasteiger partial charge in [-0.3, -0.25) is 0 Å². The molecule has 0 fully saturated rings. The maximum absolute atomic E-state index is 11.3. The molecule has 0 radical (unpaired) electrons. The molecule has 56 valence electrons. The zero-order chi connectivity index (χ0) is 7.89. The van der Waals surface area contributed by atoms with Crippen LogP contribution in [0.4, 0.5) is 0 Å².